The van der Waals surface area contributed by atoms with Crippen molar-refractivity contribution in [1.82, 2.24) is 4.98 Å². The lowest BCUT2D eigenvalue weighted by molar-refractivity contribution is -0.132. The van der Waals surface area contributed by atoms with Crippen LogP contribution in [0.5, 0.6) is 0 Å². The van der Waals surface area contributed by atoms with Gasteiger partial charge in [-0.25, -0.2) is 4.79 Å². The van der Waals surface area contributed by atoms with E-state index in [9.17, 15) is 4.79 Å². The van der Waals surface area contributed by atoms with Gasteiger partial charge in [0.15, 0.2) is 0 Å². The van der Waals surface area contributed by atoms with Crippen LogP contribution >= 0.6 is 0 Å². The number of aliphatic carboxylic acids is 1. The number of aryl methyl sites for hydroxylation is 1. The average Bonchev–Trinajstić information content (AvgIpc) is 2.29. The second kappa shape index (κ2) is 4.25. The lowest BCUT2D eigenvalue weighted by atomic mass is 10.1. The third-order valence-corrected chi connectivity index (χ3v) is 2.42. The number of pyridine rings is 1. The van der Waals surface area contributed by atoms with E-state index in [1.54, 1.807) is 6.07 Å². The fraction of sp³-hybridized carbons (Fsp3) is 0.0769. The molecule has 0 atom stereocenters. The molecule has 1 aromatic carbocycles. The molecule has 0 aliphatic rings. The van der Waals surface area contributed by atoms with Gasteiger partial charge in [0.05, 0.1) is 5.52 Å². The van der Waals surface area contributed by atoms with Crippen molar-refractivity contribution >= 4 is 22.9 Å². The molecule has 3 N–H and O–H groups in total. The smallest absolute Gasteiger partial charge is 0.351 e. The van der Waals surface area contributed by atoms with Crippen LogP contribution in [0, 0.1) is 6.92 Å². The van der Waals surface area contributed by atoms with Crippen molar-refractivity contribution in [3.8, 4) is 0 Å². The zero-order valence-electron chi connectivity index (χ0n) is 9.34. The van der Waals surface area contributed by atoms with Gasteiger partial charge in [0.2, 0.25) is 0 Å². The summed E-state index contributed by atoms with van der Waals surface area (Å²) in [5.41, 5.74) is 7.77. The lowest BCUT2D eigenvalue weighted by Crippen LogP contribution is -2.09. The van der Waals surface area contributed by atoms with Gasteiger partial charge in [0.25, 0.3) is 0 Å². The molecule has 0 aliphatic carbocycles. The summed E-state index contributed by atoms with van der Waals surface area (Å²) >= 11 is 0. The van der Waals surface area contributed by atoms with Crippen molar-refractivity contribution in [3.05, 3.63) is 47.3 Å². The van der Waals surface area contributed by atoms with E-state index in [1.807, 2.05) is 31.2 Å². The number of carbonyl (C=O) groups is 1. The summed E-state index contributed by atoms with van der Waals surface area (Å²) in [5, 5.41) is 9.65. The predicted octanol–water partition coefficient (Wildman–Crippen LogP) is 1.93. The molecule has 4 heteroatoms. The number of carboxylic acids is 1. The molecule has 0 saturated heterocycles. The average molecular weight is 228 g/mol. The molecule has 86 valence electrons. The molecular formula is C13H12N2O2. The first-order valence-corrected chi connectivity index (χ1v) is 5.14. The Hall–Kier alpha value is -2.36. The van der Waals surface area contributed by atoms with Crippen molar-refractivity contribution in [1.29, 1.82) is 0 Å². The fourth-order valence-corrected chi connectivity index (χ4v) is 1.58. The van der Waals surface area contributed by atoms with Gasteiger partial charge in [-0.3, -0.25) is 4.98 Å². The monoisotopic (exact) mass is 228 g/mol. The van der Waals surface area contributed by atoms with E-state index in [0.717, 1.165) is 22.2 Å². The number of aromatic nitrogens is 1. The third-order valence-electron chi connectivity index (χ3n) is 2.42. The third kappa shape index (κ3) is 2.42. The van der Waals surface area contributed by atoms with Crippen LogP contribution in [0.4, 0.5) is 0 Å². The number of rotatable bonds is 2. The van der Waals surface area contributed by atoms with Crippen LogP contribution in [0.3, 0.4) is 0 Å². The Bertz CT molecular complexity index is 618. The number of fused-ring (bicyclic) bond motifs is 1. The minimum atomic E-state index is -1.12. The summed E-state index contributed by atoms with van der Waals surface area (Å²) in [7, 11) is 0. The molecule has 0 amide bonds. The lowest BCUT2D eigenvalue weighted by Gasteiger charge is -2.01. The van der Waals surface area contributed by atoms with E-state index in [4.69, 9.17) is 10.8 Å². The molecule has 0 fully saturated rings. The Kier molecular flexibility index (Phi) is 2.78. The molecule has 2 aromatic rings. The molecule has 0 bridgehead atoms. The Morgan fingerprint density at radius 1 is 1.35 bits per heavy atom. The molecular weight excluding hydrogens is 216 g/mol. The molecule has 1 heterocycles. The van der Waals surface area contributed by atoms with Gasteiger partial charge in [-0.2, -0.15) is 0 Å². The quantitative estimate of drug-likeness (QED) is 0.770. The first kappa shape index (κ1) is 11.1. The highest BCUT2D eigenvalue weighted by Crippen LogP contribution is 2.16. The zero-order chi connectivity index (χ0) is 12.4. The van der Waals surface area contributed by atoms with Gasteiger partial charge in [-0.15, -0.1) is 0 Å². The summed E-state index contributed by atoms with van der Waals surface area (Å²) in [6, 6.07) is 9.37. The molecule has 0 aliphatic heterocycles. The topological polar surface area (TPSA) is 76.2 Å². The predicted molar refractivity (Wildman–Crippen MR) is 66.3 cm³/mol. The summed E-state index contributed by atoms with van der Waals surface area (Å²) in [6.07, 6.45) is 1.43. The van der Waals surface area contributed by atoms with E-state index < -0.39 is 5.97 Å². The molecule has 0 spiro atoms. The molecule has 0 radical (unpaired) electrons. The first-order valence-electron chi connectivity index (χ1n) is 5.14. The standard InChI is InChI=1S/C13H12N2O2/c1-8-2-4-10-6-9(3-5-12(10)15-8)7-11(14)13(16)17/h2-7H,14H2,1H3,(H,16,17)/b11-7+. The Balaban J connectivity index is 2.49. The van der Waals surface area contributed by atoms with Crippen molar-refractivity contribution in [2.24, 2.45) is 5.73 Å². The molecule has 2 rings (SSSR count). The van der Waals surface area contributed by atoms with Crippen LogP contribution < -0.4 is 5.73 Å². The minimum Gasteiger partial charge on any atom is -0.477 e. The summed E-state index contributed by atoms with van der Waals surface area (Å²) < 4.78 is 0. The van der Waals surface area contributed by atoms with Gasteiger partial charge in [0, 0.05) is 11.1 Å². The number of hydrogen-bond acceptors (Lipinski definition) is 3. The summed E-state index contributed by atoms with van der Waals surface area (Å²) in [6.45, 7) is 1.93. The van der Waals surface area contributed by atoms with Crippen LogP contribution in [-0.2, 0) is 4.79 Å². The van der Waals surface area contributed by atoms with Crippen molar-refractivity contribution < 1.29 is 9.90 Å². The highest BCUT2D eigenvalue weighted by atomic mass is 16.4. The second-order valence-corrected chi connectivity index (χ2v) is 3.81. The molecule has 1 aromatic heterocycles. The van der Waals surface area contributed by atoms with E-state index in [-0.39, 0.29) is 5.70 Å². The number of nitrogens with two attached hydrogens (primary N) is 1. The Labute approximate surface area is 98.4 Å². The Morgan fingerprint density at radius 3 is 2.82 bits per heavy atom. The van der Waals surface area contributed by atoms with Gasteiger partial charge in [-0.05, 0) is 36.8 Å². The van der Waals surface area contributed by atoms with Gasteiger partial charge in [0.1, 0.15) is 5.70 Å². The van der Waals surface area contributed by atoms with Crippen molar-refractivity contribution in [3.63, 3.8) is 0 Å². The van der Waals surface area contributed by atoms with E-state index >= 15 is 0 Å². The van der Waals surface area contributed by atoms with Gasteiger partial charge >= 0.3 is 5.97 Å². The minimum absolute atomic E-state index is 0.176. The molecule has 0 unspecified atom stereocenters. The van der Waals surface area contributed by atoms with Crippen LogP contribution in [0.15, 0.2) is 36.0 Å². The molecule has 4 nitrogen and oxygen atoms in total. The van der Waals surface area contributed by atoms with Crippen LogP contribution in [0.2, 0.25) is 0 Å². The van der Waals surface area contributed by atoms with E-state index in [0.29, 0.717) is 0 Å². The summed E-state index contributed by atoms with van der Waals surface area (Å²) in [5.74, 6) is -1.12. The number of hydrogen-bond donors (Lipinski definition) is 2. The number of benzene rings is 1. The largest absolute Gasteiger partial charge is 0.477 e. The zero-order valence-corrected chi connectivity index (χ0v) is 9.34. The number of carboxylic acid groups (broad SMARTS) is 1. The Morgan fingerprint density at radius 2 is 2.12 bits per heavy atom. The van der Waals surface area contributed by atoms with Crippen molar-refractivity contribution in [2.45, 2.75) is 6.92 Å². The highest BCUT2D eigenvalue weighted by molar-refractivity contribution is 5.92. The molecule has 17 heavy (non-hydrogen) atoms. The highest BCUT2D eigenvalue weighted by Gasteiger charge is 2.02. The maximum Gasteiger partial charge on any atom is 0.351 e. The summed E-state index contributed by atoms with van der Waals surface area (Å²) in [4.78, 5) is 15.0. The number of nitrogens with zero attached hydrogens (tertiary/aromatic N) is 1. The van der Waals surface area contributed by atoms with Gasteiger partial charge < -0.3 is 10.8 Å². The SMILES string of the molecule is Cc1ccc2cc(/C=C(/N)C(=O)O)ccc2n1. The second-order valence-electron chi connectivity index (χ2n) is 3.81. The van der Waals surface area contributed by atoms with E-state index in [1.165, 1.54) is 6.08 Å². The first-order chi connectivity index (χ1) is 8.06. The normalized spacial score (nSPS) is 11.7. The van der Waals surface area contributed by atoms with Crippen LogP contribution in [0.25, 0.3) is 17.0 Å². The molecule has 0 saturated carbocycles. The van der Waals surface area contributed by atoms with E-state index in [2.05, 4.69) is 4.98 Å². The maximum atomic E-state index is 10.6. The van der Waals surface area contributed by atoms with Gasteiger partial charge in [-0.1, -0.05) is 12.1 Å². The van der Waals surface area contributed by atoms with Crippen LogP contribution in [-0.4, -0.2) is 16.1 Å². The fourth-order valence-electron chi connectivity index (χ4n) is 1.58. The van der Waals surface area contributed by atoms with Crippen LogP contribution in [0.1, 0.15) is 11.3 Å². The maximum absolute atomic E-state index is 10.6. The van der Waals surface area contributed by atoms with Crippen molar-refractivity contribution in [2.75, 3.05) is 0 Å².